The van der Waals surface area contributed by atoms with E-state index in [-0.39, 0.29) is 0 Å². The van der Waals surface area contributed by atoms with E-state index >= 15 is 0 Å². The summed E-state index contributed by atoms with van der Waals surface area (Å²) in [7, 11) is 1.60. The molecule has 0 amide bonds. The Labute approximate surface area is 112 Å². The number of aromatic nitrogens is 2. The van der Waals surface area contributed by atoms with Crippen LogP contribution in [0.3, 0.4) is 0 Å². The summed E-state index contributed by atoms with van der Waals surface area (Å²) >= 11 is 4.70. The van der Waals surface area contributed by atoms with Crippen molar-refractivity contribution in [1.82, 2.24) is 9.97 Å². The number of nitrogens with zero attached hydrogens (tertiary/aromatic N) is 3. The van der Waals surface area contributed by atoms with Crippen LogP contribution in [-0.4, -0.2) is 34.0 Å². The highest BCUT2D eigenvalue weighted by atomic mass is 32.2. The van der Waals surface area contributed by atoms with E-state index in [0.29, 0.717) is 5.88 Å². The third kappa shape index (κ3) is 2.91. The number of ether oxygens (including phenoxy) is 1. The van der Waals surface area contributed by atoms with Gasteiger partial charge in [-0.05, 0) is 18.6 Å². The van der Waals surface area contributed by atoms with Crippen LogP contribution in [0.1, 0.15) is 0 Å². The zero-order valence-corrected chi connectivity index (χ0v) is 12.1. The summed E-state index contributed by atoms with van der Waals surface area (Å²) in [6.45, 7) is 0. The number of hydrogen-bond acceptors (Lipinski definition) is 7. The quantitative estimate of drug-likeness (QED) is 0.625. The maximum absolute atomic E-state index is 5.08. The molecule has 0 bridgehead atoms. The number of hydrogen-bond donors (Lipinski definition) is 0. The highest BCUT2D eigenvalue weighted by Crippen LogP contribution is 2.29. The van der Waals surface area contributed by atoms with E-state index in [1.807, 2.05) is 18.6 Å². The summed E-state index contributed by atoms with van der Waals surface area (Å²) in [5.74, 6) is 0.603. The molecule has 0 spiro atoms. The topological polar surface area (TPSA) is 47.4 Å². The third-order valence-electron chi connectivity index (χ3n) is 1.96. The molecule has 2 aromatic heterocycles. The average molecular weight is 285 g/mol. The van der Waals surface area contributed by atoms with Crippen molar-refractivity contribution in [3.63, 3.8) is 0 Å². The molecule has 0 saturated carbocycles. The molecule has 0 aliphatic carbocycles. The number of pyridine rings is 1. The van der Waals surface area contributed by atoms with Crippen molar-refractivity contribution in [1.29, 1.82) is 0 Å². The highest BCUT2D eigenvalue weighted by Gasteiger charge is 2.06. The van der Waals surface area contributed by atoms with E-state index in [1.54, 1.807) is 36.7 Å². The predicted octanol–water partition coefficient (Wildman–Crippen LogP) is 3.41. The highest BCUT2D eigenvalue weighted by molar-refractivity contribution is 8.38. The molecule has 2 rings (SSSR count). The second-order valence-electron chi connectivity index (χ2n) is 2.96. The van der Waals surface area contributed by atoms with Gasteiger partial charge in [-0.3, -0.25) is 0 Å². The Kier molecular flexibility index (Phi) is 4.25. The Hall–Kier alpha value is -0.790. The van der Waals surface area contributed by atoms with Crippen molar-refractivity contribution < 1.29 is 4.74 Å². The van der Waals surface area contributed by atoms with E-state index in [1.165, 1.54) is 11.3 Å². The molecule has 0 aliphatic heterocycles. The minimum atomic E-state index is 0.603. The normalized spacial score (nSPS) is 10.5. The van der Waals surface area contributed by atoms with Gasteiger partial charge in [0, 0.05) is 6.07 Å². The first-order chi connectivity index (χ1) is 8.26. The van der Waals surface area contributed by atoms with Crippen molar-refractivity contribution in [3.05, 3.63) is 12.1 Å². The van der Waals surface area contributed by atoms with Gasteiger partial charge >= 0.3 is 0 Å². The second kappa shape index (κ2) is 5.70. The molecular weight excluding hydrogens is 274 g/mol. The molecule has 17 heavy (non-hydrogen) atoms. The van der Waals surface area contributed by atoms with Gasteiger partial charge in [0.2, 0.25) is 11.0 Å². The lowest BCUT2D eigenvalue weighted by Gasteiger charge is -1.94. The summed E-state index contributed by atoms with van der Waals surface area (Å²) < 4.78 is 6.08. The van der Waals surface area contributed by atoms with Crippen LogP contribution in [0.4, 0.5) is 5.13 Å². The van der Waals surface area contributed by atoms with Crippen LogP contribution < -0.4 is 4.74 Å². The van der Waals surface area contributed by atoms with Gasteiger partial charge in [0.25, 0.3) is 0 Å². The first kappa shape index (κ1) is 12.7. The zero-order valence-electron chi connectivity index (χ0n) is 9.63. The minimum Gasteiger partial charge on any atom is -0.481 e. The van der Waals surface area contributed by atoms with Gasteiger partial charge in [0.15, 0.2) is 0 Å². The molecule has 2 heterocycles. The number of thioether (sulfide) groups is 2. The van der Waals surface area contributed by atoms with E-state index in [0.717, 1.165) is 19.9 Å². The Morgan fingerprint density at radius 1 is 1.29 bits per heavy atom. The molecule has 7 heteroatoms. The van der Waals surface area contributed by atoms with Crippen LogP contribution in [0.15, 0.2) is 17.1 Å². The van der Waals surface area contributed by atoms with Crippen LogP contribution in [0.25, 0.3) is 10.3 Å². The summed E-state index contributed by atoms with van der Waals surface area (Å²) in [4.78, 5) is 14.0. The number of rotatable bonds is 2. The van der Waals surface area contributed by atoms with Gasteiger partial charge in [-0.15, -0.1) is 23.5 Å². The Balaban J connectivity index is 2.40. The molecule has 0 atom stereocenters. The molecule has 2 aromatic rings. The molecule has 90 valence electrons. The lowest BCUT2D eigenvalue weighted by Crippen LogP contribution is -1.85. The van der Waals surface area contributed by atoms with Crippen LogP contribution >= 0.6 is 34.9 Å². The Bertz CT molecular complexity index is 547. The van der Waals surface area contributed by atoms with E-state index in [4.69, 9.17) is 4.74 Å². The Morgan fingerprint density at radius 2 is 2.06 bits per heavy atom. The van der Waals surface area contributed by atoms with E-state index in [9.17, 15) is 0 Å². The predicted molar refractivity (Wildman–Crippen MR) is 78.1 cm³/mol. The third-order valence-corrected chi connectivity index (χ3v) is 4.70. The standard InChI is InChI=1S/C10H11N3OS3/c1-14-7-5-4-6-8(12-7)17-9(11-6)13-10(15-2)16-3/h4-5H,1-3H3. The fourth-order valence-electron chi connectivity index (χ4n) is 1.20. The van der Waals surface area contributed by atoms with Crippen molar-refractivity contribution in [2.24, 2.45) is 4.99 Å². The summed E-state index contributed by atoms with van der Waals surface area (Å²) in [6, 6.07) is 3.70. The Morgan fingerprint density at radius 3 is 2.71 bits per heavy atom. The molecule has 0 aromatic carbocycles. The monoisotopic (exact) mass is 285 g/mol. The molecule has 0 fully saturated rings. The number of methoxy groups -OCH3 is 1. The van der Waals surface area contributed by atoms with Crippen LogP contribution in [0, 0.1) is 0 Å². The maximum Gasteiger partial charge on any atom is 0.214 e. The first-order valence-electron chi connectivity index (χ1n) is 4.75. The molecule has 0 aliphatic rings. The van der Waals surface area contributed by atoms with Crippen molar-refractivity contribution >= 4 is 54.7 Å². The molecular formula is C10H11N3OS3. The van der Waals surface area contributed by atoms with Crippen LogP contribution in [-0.2, 0) is 0 Å². The van der Waals surface area contributed by atoms with Crippen LogP contribution in [0.5, 0.6) is 5.88 Å². The van der Waals surface area contributed by atoms with Gasteiger partial charge in [-0.25, -0.2) is 15.0 Å². The smallest absolute Gasteiger partial charge is 0.214 e. The van der Waals surface area contributed by atoms with Gasteiger partial charge in [0.05, 0.1) is 7.11 Å². The SMILES string of the molecule is COc1ccc2nc(N=C(SC)SC)sc2n1. The number of fused-ring (bicyclic) bond motifs is 1. The molecule has 0 N–H and O–H groups in total. The molecule has 4 nitrogen and oxygen atoms in total. The number of thiazole rings is 1. The second-order valence-corrected chi connectivity index (χ2v) is 5.76. The van der Waals surface area contributed by atoms with Gasteiger partial charge in [0.1, 0.15) is 14.7 Å². The van der Waals surface area contributed by atoms with E-state index < -0.39 is 0 Å². The van der Waals surface area contributed by atoms with Gasteiger partial charge in [-0.1, -0.05) is 11.3 Å². The van der Waals surface area contributed by atoms with Gasteiger partial charge in [-0.2, -0.15) is 0 Å². The molecule has 0 unspecified atom stereocenters. The first-order valence-corrected chi connectivity index (χ1v) is 8.01. The van der Waals surface area contributed by atoms with Crippen molar-refractivity contribution in [3.8, 4) is 5.88 Å². The fraction of sp³-hybridized carbons (Fsp3) is 0.300. The van der Waals surface area contributed by atoms with Crippen LogP contribution in [0.2, 0.25) is 0 Å². The lowest BCUT2D eigenvalue weighted by atomic mass is 10.4. The fourth-order valence-corrected chi connectivity index (χ4v) is 3.15. The van der Waals surface area contributed by atoms with E-state index in [2.05, 4.69) is 15.0 Å². The molecule has 0 radical (unpaired) electrons. The summed E-state index contributed by atoms with van der Waals surface area (Å²) in [5, 5.41) is 0.736. The maximum atomic E-state index is 5.08. The lowest BCUT2D eigenvalue weighted by molar-refractivity contribution is 0.400. The van der Waals surface area contributed by atoms with Gasteiger partial charge < -0.3 is 4.74 Å². The van der Waals surface area contributed by atoms with Crippen molar-refractivity contribution in [2.45, 2.75) is 0 Å². The minimum absolute atomic E-state index is 0.603. The summed E-state index contributed by atoms with van der Waals surface area (Å²) in [6.07, 6.45) is 4.01. The number of aliphatic imine (C=N–C) groups is 1. The largest absolute Gasteiger partial charge is 0.481 e. The summed E-state index contributed by atoms with van der Waals surface area (Å²) in [5.41, 5.74) is 0.858. The average Bonchev–Trinajstić information content (AvgIpc) is 2.76. The molecule has 0 saturated heterocycles. The zero-order chi connectivity index (χ0) is 12.3. The van der Waals surface area contributed by atoms with Crippen molar-refractivity contribution in [2.75, 3.05) is 19.6 Å².